The molecule has 0 spiro atoms. The van der Waals surface area contributed by atoms with Crippen molar-refractivity contribution < 1.29 is 14.7 Å². The summed E-state index contributed by atoms with van der Waals surface area (Å²) in [7, 11) is 0. The summed E-state index contributed by atoms with van der Waals surface area (Å²) in [5, 5.41) is 11.9. The Morgan fingerprint density at radius 1 is 1.08 bits per heavy atom. The Kier molecular flexibility index (Phi) is 4.57. The van der Waals surface area contributed by atoms with Gasteiger partial charge in [0.05, 0.1) is 11.1 Å². The van der Waals surface area contributed by atoms with Gasteiger partial charge in [-0.05, 0) is 25.0 Å². The Labute approximate surface area is 146 Å². The van der Waals surface area contributed by atoms with Crippen molar-refractivity contribution in [2.24, 2.45) is 5.16 Å². The van der Waals surface area contributed by atoms with Crippen LogP contribution in [0.4, 0.5) is 0 Å². The SMILES string of the molecule is CC(C)(c1ccccc1)N1COC(/C=N\O)=C(c2ccccc2)C1=O. The van der Waals surface area contributed by atoms with E-state index in [1.165, 1.54) is 0 Å². The minimum absolute atomic E-state index is 0.0818. The Hall–Kier alpha value is -3.08. The zero-order valence-electron chi connectivity index (χ0n) is 14.2. The van der Waals surface area contributed by atoms with Gasteiger partial charge in [0.1, 0.15) is 6.21 Å². The van der Waals surface area contributed by atoms with Gasteiger partial charge in [0, 0.05) is 0 Å². The summed E-state index contributed by atoms with van der Waals surface area (Å²) in [6, 6.07) is 19.1. The summed E-state index contributed by atoms with van der Waals surface area (Å²) in [5.41, 5.74) is 1.56. The first-order valence-electron chi connectivity index (χ1n) is 8.03. The minimum Gasteiger partial charge on any atom is -0.470 e. The number of rotatable bonds is 4. The van der Waals surface area contributed by atoms with E-state index in [2.05, 4.69) is 5.16 Å². The molecule has 5 heteroatoms. The molecule has 5 nitrogen and oxygen atoms in total. The molecule has 2 aromatic carbocycles. The van der Waals surface area contributed by atoms with E-state index >= 15 is 0 Å². The zero-order chi connectivity index (χ0) is 17.9. The maximum atomic E-state index is 13.3. The molecule has 128 valence electrons. The average molecular weight is 336 g/mol. The molecule has 0 saturated heterocycles. The van der Waals surface area contributed by atoms with Crippen LogP contribution in [-0.4, -0.2) is 29.0 Å². The third-order valence-corrected chi connectivity index (χ3v) is 4.45. The Bertz CT molecular complexity index is 811. The van der Waals surface area contributed by atoms with Crippen LogP contribution in [0, 0.1) is 0 Å². The van der Waals surface area contributed by atoms with E-state index in [1.54, 1.807) is 4.90 Å². The quantitative estimate of drug-likeness (QED) is 0.527. The lowest BCUT2D eigenvalue weighted by atomic mass is 9.90. The second-order valence-corrected chi connectivity index (χ2v) is 6.28. The highest BCUT2D eigenvalue weighted by Gasteiger charge is 2.38. The van der Waals surface area contributed by atoms with Crippen LogP contribution in [0.15, 0.2) is 71.6 Å². The van der Waals surface area contributed by atoms with Crippen LogP contribution in [0.3, 0.4) is 0 Å². The smallest absolute Gasteiger partial charge is 0.261 e. The van der Waals surface area contributed by atoms with Gasteiger partial charge in [0.25, 0.3) is 5.91 Å². The zero-order valence-corrected chi connectivity index (χ0v) is 14.2. The molecule has 0 aliphatic carbocycles. The second kappa shape index (κ2) is 6.81. The van der Waals surface area contributed by atoms with E-state index in [0.29, 0.717) is 5.57 Å². The summed E-state index contributed by atoms with van der Waals surface area (Å²) in [5.74, 6) is 0.0972. The monoisotopic (exact) mass is 336 g/mol. The topological polar surface area (TPSA) is 62.1 Å². The highest BCUT2D eigenvalue weighted by molar-refractivity contribution is 6.24. The summed E-state index contributed by atoms with van der Waals surface area (Å²) >= 11 is 0. The van der Waals surface area contributed by atoms with Crippen molar-refractivity contribution >= 4 is 17.7 Å². The molecule has 2 aromatic rings. The van der Waals surface area contributed by atoms with Crippen molar-refractivity contribution in [3.05, 3.63) is 77.5 Å². The lowest BCUT2D eigenvalue weighted by Crippen LogP contribution is -2.49. The number of hydrogen-bond acceptors (Lipinski definition) is 4. The molecule has 0 atom stereocenters. The van der Waals surface area contributed by atoms with E-state index in [4.69, 9.17) is 9.94 Å². The lowest BCUT2D eigenvalue weighted by molar-refractivity contribution is -0.139. The number of carbonyl (C=O) groups is 1. The summed E-state index contributed by atoms with van der Waals surface area (Å²) in [6.45, 7) is 4.05. The highest BCUT2D eigenvalue weighted by Crippen LogP contribution is 2.34. The number of benzene rings is 2. The molecule has 0 unspecified atom stereocenters. The fraction of sp³-hybridized carbons (Fsp3) is 0.200. The van der Waals surface area contributed by atoms with Gasteiger partial charge in [-0.1, -0.05) is 65.8 Å². The number of hydrogen-bond donors (Lipinski definition) is 1. The van der Waals surface area contributed by atoms with Gasteiger partial charge >= 0.3 is 0 Å². The third-order valence-electron chi connectivity index (χ3n) is 4.45. The molecule has 0 bridgehead atoms. The molecule has 0 saturated carbocycles. The molecule has 25 heavy (non-hydrogen) atoms. The van der Waals surface area contributed by atoms with Crippen LogP contribution in [0.25, 0.3) is 5.57 Å². The normalized spacial score (nSPS) is 15.6. The van der Waals surface area contributed by atoms with Crippen molar-refractivity contribution in [3.63, 3.8) is 0 Å². The first-order chi connectivity index (χ1) is 12.1. The van der Waals surface area contributed by atoms with E-state index in [-0.39, 0.29) is 18.4 Å². The van der Waals surface area contributed by atoms with Crippen molar-refractivity contribution in [1.29, 1.82) is 0 Å². The van der Waals surface area contributed by atoms with E-state index in [1.807, 2.05) is 74.5 Å². The van der Waals surface area contributed by atoms with Crippen molar-refractivity contribution in [3.8, 4) is 0 Å². The van der Waals surface area contributed by atoms with E-state index in [0.717, 1.165) is 17.3 Å². The number of nitrogens with zero attached hydrogens (tertiary/aromatic N) is 2. The molecule has 0 aromatic heterocycles. The highest BCUT2D eigenvalue weighted by atomic mass is 16.5. The maximum Gasteiger partial charge on any atom is 0.261 e. The summed E-state index contributed by atoms with van der Waals surface area (Å²) in [4.78, 5) is 15.0. The molecule has 1 aliphatic rings. The molecular formula is C20H20N2O3. The van der Waals surface area contributed by atoms with Gasteiger partial charge in [0.2, 0.25) is 0 Å². The molecule has 1 N–H and O–H groups in total. The fourth-order valence-electron chi connectivity index (χ4n) is 2.95. The first-order valence-corrected chi connectivity index (χ1v) is 8.03. The molecule has 1 aliphatic heterocycles. The van der Waals surface area contributed by atoms with Crippen molar-refractivity contribution in [2.75, 3.05) is 6.73 Å². The summed E-state index contributed by atoms with van der Waals surface area (Å²) < 4.78 is 5.75. The Balaban J connectivity index is 2.05. The second-order valence-electron chi connectivity index (χ2n) is 6.28. The molecule has 1 heterocycles. The van der Waals surface area contributed by atoms with Crippen LogP contribution in [0.5, 0.6) is 0 Å². The van der Waals surface area contributed by atoms with Gasteiger partial charge in [-0.3, -0.25) is 9.69 Å². The average Bonchev–Trinajstić information content (AvgIpc) is 2.63. The van der Waals surface area contributed by atoms with E-state index < -0.39 is 5.54 Å². The molecular weight excluding hydrogens is 316 g/mol. The predicted molar refractivity (Wildman–Crippen MR) is 95.9 cm³/mol. The number of ether oxygens (including phenoxy) is 1. The lowest BCUT2D eigenvalue weighted by Gasteiger charge is -2.41. The molecule has 0 radical (unpaired) electrons. The maximum absolute atomic E-state index is 13.3. The Morgan fingerprint density at radius 3 is 2.28 bits per heavy atom. The minimum atomic E-state index is -0.555. The van der Waals surface area contributed by atoms with E-state index in [9.17, 15) is 4.79 Å². The molecule has 1 amide bonds. The van der Waals surface area contributed by atoms with Crippen LogP contribution in [0.1, 0.15) is 25.0 Å². The van der Waals surface area contributed by atoms with Gasteiger partial charge in [0.15, 0.2) is 12.5 Å². The van der Waals surface area contributed by atoms with Crippen molar-refractivity contribution in [2.45, 2.75) is 19.4 Å². The van der Waals surface area contributed by atoms with Crippen LogP contribution in [-0.2, 0) is 15.1 Å². The van der Waals surface area contributed by atoms with Gasteiger partial charge in [-0.15, -0.1) is 0 Å². The van der Waals surface area contributed by atoms with Crippen LogP contribution < -0.4 is 0 Å². The Morgan fingerprint density at radius 2 is 1.68 bits per heavy atom. The number of oxime groups is 1. The molecule has 0 fully saturated rings. The number of amides is 1. The number of carbonyl (C=O) groups excluding carboxylic acids is 1. The number of allylic oxidation sites excluding steroid dienone is 1. The fourth-order valence-corrected chi connectivity index (χ4v) is 2.95. The standard InChI is InChI=1S/C20H20N2O3/c1-20(2,16-11-7-4-8-12-16)22-14-25-17(13-21-24)18(19(22)23)15-9-5-3-6-10-15/h3-13,24H,14H2,1-2H3/b21-13-. The largest absolute Gasteiger partial charge is 0.470 e. The molecule has 3 rings (SSSR count). The summed E-state index contributed by atoms with van der Waals surface area (Å²) in [6.07, 6.45) is 1.16. The first kappa shape index (κ1) is 16.8. The van der Waals surface area contributed by atoms with Gasteiger partial charge in [-0.25, -0.2) is 0 Å². The van der Waals surface area contributed by atoms with Gasteiger partial charge in [-0.2, -0.15) is 0 Å². The van der Waals surface area contributed by atoms with Crippen LogP contribution >= 0.6 is 0 Å². The van der Waals surface area contributed by atoms with Gasteiger partial charge < -0.3 is 9.94 Å². The third kappa shape index (κ3) is 3.13. The predicted octanol–water partition coefficient (Wildman–Crippen LogP) is 3.61. The van der Waals surface area contributed by atoms with Crippen LogP contribution in [0.2, 0.25) is 0 Å². The van der Waals surface area contributed by atoms with Crippen molar-refractivity contribution in [1.82, 2.24) is 4.90 Å².